The van der Waals surface area contributed by atoms with E-state index in [2.05, 4.69) is 0 Å². The molecule has 0 unspecified atom stereocenters. The Bertz CT molecular complexity index is 297. The number of hydrogen-bond acceptors (Lipinski definition) is 3. The lowest BCUT2D eigenvalue weighted by molar-refractivity contribution is -0.481. The lowest BCUT2D eigenvalue weighted by Gasteiger charge is -2.04. The Kier molecular flexibility index (Phi) is 3.14. The molecule has 0 bridgehead atoms. The largest absolute Gasteiger partial charge is 0.302 e. The fraction of sp³-hybridized carbons (Fsp3) is 0.222. The van der Waals surface area contributed by atoms with E-state index in [1.54, 1.807) is 30.3 Å². The number of aldehydes is 1. The molecule has 1 atom stereocenters. The molecule has 0 fully saturated rings. The van der Waals surface area contributed by atoms with Gasteiger partial charge in [0, 0.05) is 4.92 Å². The third-order valence-corrected chi connectivity index (χ3v) is 1.74. The molecule has 0 spiro atoms. The SMILES string of the molecule is O=C[C@@H](C[N+](=O)[O-])c1ccccc1. The van der Waals surface area contributed by atoms with E-state index in [4.69, 9.17) is 0 Å². The van der Waals surface area contributed by atoms with Crippen LogP contribution in [0.1, 0.15) is 11.5 Å². The molecule has 0 aliphatic carbocycles. The van der Waals surface area contributed by atoms with Gasteiger partial charge in [0.2, 0.25) is 6.54 Å². The summed E-state index contributed by atoms with van der Waals surface area (Å²) >= 11 is 0. The zero-order valence-corrected chi connectivity index (χ0v) is 6.92. The first-order chi connectivity index (χ1) is 6.24. The molecular formula is C9H9NO3. The standard InChI is InChI=1S/C9H9NO3/c11-7-9(6-10(12)13)8-4-2-1-3-5-8/h1-5,7,9H,6H2/t9-/m1/s1. The van der Waals surface area contributed by atoms with Gasteiger partial charge in [-0.15, -0.1) is 0 Å². The molecule has 68 valence electrons. The lowest BCUT2D eigenvalue weighted by Crippen LogP contribution is -2.13. The molecule has 0 saturated heterocycles. The summed E-state index contributed by atoms with van der Waals surface area (Å²) < 4.78 is 0. The first kappa shape index (κ1) is 9.38. The summed E-state index contributed by atoms with van der Waals surface area (Å²) in [5, 5.41) is 10.2. The van der Waals surface area contributed by atoms with Crippen LogP contribution in [0.4, 0.5) is 0 Å². The Hall–Kier alpha value is -1.71. The third kappa shape index (κ3) is 2.66. The maximum absolute atomic E-state index is 10.5. The Morgan fingerprint density at radius 2 is 2.00 bits per heavy atom. The summed E-state index contributed by atoms with van der Waals surface area (Å²) in [6.45, 7) is -0.340. The minimum atomic E-state index is -0.629. The minimum Gasteiger partial charge on any atom is -0.302 e. The van der Waals surface area contributed by atoms with Crippen molar-refractivity contribution in [3.05, 3.63) is 46.0 Å². The smallest absolute Gasteiger partial charge is 0.217 e. The lowest BCUT2D eigenvalue weighted by atomic mass is 10.0. The molecule has 0 N–H and O–H groups in total. The van der Waals surface area contributed by atoms with Crippen molar-refractivity contribution >= 4 is 6.29 Å². The highest BCUT2D eigenvalue weighted by Crippen LogP contribution is 2.12. The number of hydrogen-bond donors (Lipinski definition) is 0. The van der Waals surface area contributed by atoms with Crippen LogP contribution in [0, 0.1) is 10.1 Å². The van der Waals surface area contributed by atoms with Crippen LogP contribution >= 0.6 is 0 Å². The number of carbonyl (C=O) groups excluding carboxylic acids is 1. The summed E-state index contributed by atoms with van der Waals surface area (Å²) in [6.07, 6.45) is 0.609. The van der Waals surface area contributed by atoms with Crippen LogP contribution in [0.5, 0.6) is 0 Å². The molecule has 0 aliphatic rings. The number of nitrogens with zero attached hydrogens (tertiary/aromatic N) is 1. The molecule has 1 aromatic carbocycles. The van der Waals surface area contributed by atoms with E-state index in [0.717, 1.165) is 0 Å². The van der Waals surface area contributed by atoms with Gasteiger partial charge in [-0.3, -0.25) is 10.1 Å². The fourth-order valence-corrected chi connectivity index (χ4v) is 1.09. The van der Waals surface area contributed by atoms with Gasteiger partial charge in [0.05, 0.1) is 0 Å². The maximum Gasteiger partial charge on any atom is 0.217 e. The minimum absolute atomic E-state index is 0.340. The number of carbonyl (C=O) groups is 1. The van der Waals surface area contributed by atoms with Gasteiger partial charge in [-0.25, -0.2) is 0 Å². The second kappa shape index (κ2) is 4.35. The first-order valence-electron chi connectivity index (χ1n) is 3.86. The van der Waals surface area contributed by atoms with Gasteiger partial charge in [-0.05, 0) is 5.56 Å². The highest BCUT2D eigenvalue weighted by atomic mass is 16.6. The van der Waals surface area contributed by atoms with Crippen LogP contribution in [-0.4, -0.2) is 17.8 Å². The van der Waals surface area contributed by atoms with Crippen molar-refractivity contribution in [3.8, 4) is 0 Å². The van der Waals surface area contributed by atoms with Crippen LogP contribution in [0.2, 0.25) is 0 Å². The highest BCUT2D eigenvalue weighted by Gasteiger charge is 2.15. The van der Waals surface area contributed by atoms with Crippen molar-refractivity contribution in [1.82, 2.24) is 0 Å². The van der Waals surface area contributed by atoms with E-state index >= 15 is 0 Å². The van der Waals surface area contributed by atoms with Crippen LogP contribution in [0.3, 0.4) is 0 Å². The number of benzene rings is 1. The number of rotatable bonds is 4. The Balaban J connectivity index is 2.78. The van der Waals surface area contributed by atoms with E-state index in [1.165, 1.54) is 0 Å². The second-order valence-corrected chi connectivity index (χ2v) is 2.67. The average Bonchev–Trinajstić information content (AvgIpc) is 2.15. The summed E-state index contributed by atoms with van der Waals surface area (Å²) in [6, 6.07) is 8.74. The molecule has 0 saturated carbocycles. The second-order valence-electron chi connectivity index (χ2n) is 2.67. The molecular weight excluding hydrogens is 170 g/mol. The topological polar surface area (TPSA) is 60.2 Å². The highest BCUT2D eigenvalue weighted by molar-refractivity contribution is 5.62. The van der Waals surface area contributed by atoms with E-state index in [1.807, 2.05) is 0 Å². The van der Waals surface area contributed by atoms with Gasteiger partial charge in [-0.2, -0.15) is 0 Å². The van der Waals surface area contributed by atoms with Gasteiger partial charge in [0.25, 0.3) is 0 Å². The van der Waals surface area contributed by atoms with Crippen LogP contribution < -0.4 is 0 Å². The van der Waals surface area contributed by atoms with Crippen LogP contribution in [0.25, 0.3) is 0 Å². The predicted molar refractivity (Wildman–Crippen MR) is 47.1 cm³/mol. The van der Waals surface area contributed by atoms with E-state index < -0.39 is 10.8 Å². The summed E-state index contributed by atoms with van der Waals surface area (Å²) in [5.74, 6) is -0.629. The van der Waals surface area contributed by atoms with Crippen LogP contribution in [-0.2, 0) is 4.79 Å². The van der Waals surface area contributed by atoms with Gasteiger partial charge < -0.3 is 4.79 Å². The Morgan fingerprint density at radius 3 is 2.46 bits per heavy atom. The van der Waals surface area contributed by atoms with Crippen LogP contribution in [0.15, 0.2) is 30.3 Å². The van der Waals surface area contributed by atoms with Gasteiger partial charge in [0.1, 0.15) is 12.2 Å². The van der Waals surface area contributed by atoms with E-state index in [9.17, 15) is 14.9 Å². The summed E-state index contributed by atoms with van der Waals surface area (Å²) in [4.78, 5) is 20.2. The van der Waals surface area contributed by atoms with Gasteiger partial charge in [0.15, 0.2) is 0 Å². The Morgan fingerprint density at radius 1 is 1.38 bits per heavy atom. The quantitative estimate of drug-likeness (QED) is 0.397. The van der Waals surface area contributed by atoms with Gasteiger partial charge >= 0.3 is 0 Å². The van der Waals surface area contributed by atoms with Crippen molar-refractivity contribution in [2.75, 3.05) is 6.54 Å². The Labute approximate surface area is 75.3 Å². The predicted octanol–water partition coefficient (Wildman–Crippen LogP) is 1.25. The van der Waals surface area contributed by atoms with E-state index in [0.29, 0.717) is 11.8 Å². The van der Waals surface area contributed by atoms with Crippen molar-refractivity contribution in [3.63, 3.8) is 0 Å². The monoisotopic (exact) mass is 179 g/mol. The van der Waals surface area contributed by atoms with Crippen molar-refractivity contribution in [1.29, 1.82) is 0 Å². The molecule has 0 aromatic heterocycles. The zero-order valence-electron chi connectivity index (χ0n) is 6.92. The number of nitro groups is 1. The van der Waals surface area contributed by atoms with E-state index in [-0.39, 0.29) is 6.54 Å². The van der Waals surface area contributed by atoms with Gasteiger partial charge in [-0.1, -0.05) is 30.3 Å². The summed E-state index contributed by atoms with van der Waals surface area (Å²) in [5.41, 5.74) is 0.689. The molecule has 0 radical (unpaired) electrons. The maximum atomic E-state index is 10.5. The fourth-order valence-electron chi connectivity index (χ4n) is 1.09. The van der Waals surface area contributed by atoms with Crippen molar-refractivity contribution in [2.45, 2.75) is 5.92 Å². The normalized spacial score (nSPS) is 12.0. The molecule has 13 heavy (non-hydrogen) atoms. The first-order valence-corrected chi connectivity index (χ1v) is 3.86. The van der Waals surface area contributed by atoms with Crippen molar-refractivity contribution in [2.24, 2.45) is 0 Å². The van der Waals surface area contributed by atoms with Crippen molar-refractivity contribution < 1.29 is 9.72 Å². The average molecular weight is 179 g/mol. The third-order valence-electron chi connectivity index (χ3n) is 1.74. The molecule has 1 rings (SSSR count). The molecule has 0 amide bonds. The molecule has 0 aliphatic heterocycles. The summed E-state index contributed by atoms with van der Waals surface area (Å²) in [7, 11) is 0. The molecule has 4 nitrogen and oxygen atoms in total. The molecule has 4 heteroatoms. The molecule has 1 aromatic rings. The molecule has 0 heterocycles. The zero-order chi connectivity index (χ0) is 9.68.